The summed E-state index contributed by atoms with van der Waals surface area (Å²) in [6.45, 7) is 1.04. The summed E-state index contributed by atoms with van der Waals surface area (Å²) >= 11 is 0. The maximum atomic E-state index is 13.6. The molecule has 0 unspecified atom stereocenters. The molecule has 2 aromatic carbocycles. The van der Waals surface area contributed by atoms with Crippen LogP contribution in [0.15, 0.2) is 70.0 Å². The molecule has 0 atom stereocenters. The molecule has 2 aromatic heterocycles. The number of oxazole rings is 1. The summed E-state index contributed by atoms with van der Waals surface area (Å²) in [5, 5.41) is 13.4. The van der Waals surface area contributed by atoms with Crippen molar-refractivity contribution in [1.82, 2.24) is 19.7 Å². The lowest BCUT2D eigenvalue weighted by Crippen LogP contribution is -2.36. The van der Waals surface area contributed by atoms with Gasteiger partial charge in [0.2, 0.25) is 5.89 Å². The van der Waals surface area contributed by atoms with Crippen LogP contribution in [0.2, 0.25) is 0 Å². The number of amides is 1. The number of aromatic nitrogens is 3. The lowest BCUT2D eigenvalue weighted by molar-refractivity contribution is 0.130. The highest BCUT2D eigenvalue weighted by atomic mass is 19.1. The summed E-state index contributed by atoms with van der Waals surface area (Å²) in [5.41, 5.74) is 1.64. The predicted molar refractivity (Wildman–Crippen MR) is 126 cm³/mol. The molecule has 0 aliphatic carbocycles. The Bertz CT molecular complexity index is 1450. The minimum absolute atomic E-state index is 0.100. The normalized spacial score (nSPS) is 14.2. The van der Waals surface area contributed by atoms with Crippen LogP contribution >= 0.6 is 0 Å². The third-order valence-corrected chi connectivity index (χ3v) is 6.22. The summed E-state index contributed by atoms with van der Waals surface area (Å²) in [6.07, 6.45) is 2.10. The van der Waals surface area contributed by atoms with E-state index in [0.717, 1.165) is 29.3 Å². The molecule has 10 heteroatoms. The van der Waals surface area contributed by atoms with Gasteiger partial charge in [0, 0.05) is 42.3 Å². The van der Waals surface area contributed by atoms with Gasteiger partial charge in [-0.2, -0.15) is 5.10 Å². The Morgan fingerprint density at radius 3 is 2.50 bits per heavy atom. The molecular weight excluding hydrogens is 470 g/mol. The van der Waals surface area contributed by atoms with Gasteiger partial charge < -0.3 is 14.4 Å². The van der Waals surface area contributed by atoms with Crippen LogP contribution in [-0.4, -0.2) is 44.0 Å². The van der Waals surface area contributed by atoms with E-state index in [4.69, 9.17) is 9.52 Å². The van der Waals surface area contributed by atoms with Gasteiger partial charge in [-0.15, -0.1) is 0 Å². The Hall–Kier alpha value is -4.34. The first kappa shape index (κ1) is 23.4. The number of hydrogen-bond acceptors (Lipinski definition) is 5. The molecule has 8 nitrogen and oxygen atoms in total. The zero-order valence-corrected chi connectivity index (χ0v) is 19.1. The number of halogens is 2. The molecule has 5 rings (SSSR count). The van der Waals surface area contributed by atoms with Crippen molar-refractivity contribution in [1.29, 1.82) is 0 Å². The van der Waals surface area contributed by atoms with Gasteiger partial charge in [0.25, 0.3) is 5.56 Å². The third-order valence-electron chi connectivity index (χ3n) is 6.22. The van der Waals surface area contributed by atoms with Crippen molar-refractivity contribution in [3.05, 3.63) is 94.1 Å². The molecule has 1 N–H and O–H groups in total. The summed E-state index contributed by atoms with van der Waals surface area (Å²) in [4.78, 5) is 29.3. The Labute approximate surface area is 204 Å². The SMILES string of the molecule is O=C(O)N1CCC(c2cnc(-c3cccc(Cn4nc(-c5cc(F)cc(F)c5)ccc4=O)c3)o2)CC1. The van der Waals surface area contributed by atoms with Crippen molar-refractivity contribution in [3.8, 4) is 22.7 Å². The second kappa shape index (κ2) is 9.73. The third kappa shape index (κ3) is 5.02. The minimum atomic E-state index is -0.911. The van der Waals surface area contributed by atoms with Crippen molar-refractivity contribution < 1.29 is 23.1 Å². The molecule has 1 amide bonds. The average Bonchev–Trinajstić information content (AvgIpc) is 3.35. The fourth-order valence-corrected chi connectivity index (χ4v) is 4.36. The second-order valence-electron chi connectivity index (χ2n) is 8.68. The standard InChI is InChI=1S/C26H22F2N4O4/c27-20-11-19(12-21(28)13-20)22-4-5-24(33)32(30-22)15-16-2-1-3-18(10-16)25-29-14-23(36-25)17-6-8-31(9-7-17)26(34)35/h1-5,10-14,17H,6-9,15H2,(H,34,35). The van der Waals surface area contributed by atoms with Crippen molar-refractivity contribution in [2.75, 3.05) is 13.1 Å². The maximum Gasteiger partial charge on any atom is 0.407 e. The smallest absolute Gasteiger partial charge is 0.407 e. The summed E-state index contributed by atoms with van der Waals surface area (Å²) in [7, 11) is 0. The van der Waals surface area contributed by atoms with E-state index in [1.165, 1.54) is 21.7 Å². The number of hydrogen-bond donors (Lipinski definition) is 1. The van der Waals surface area contributed by atoms with Crippen molar-refractivity contribution >= 4 is 6.09 Å². The number of piperidine rings is 1. The Morgan fingerprint density at radius 2 is 1.78 bits per heavy atom. The highest BCUT2D eigenvalue weighted by molar-refractivity contribution is 5.65. The molecule has 184 valence electrons. The van der Waals surface area contributed by atoms with Crippen molar-refractivity contribution in [2.24, 2.45) is 0 Å². The lowest BCUT2D eigenvalue weighted by Gasteiger charge is -2.28. The van der Waals surface area contributed by atoms with Gasteiger partial charge in [-0.3, -0.25) is 4.79 Å². The quantitative estimate of drug-likeness (QED) is 0.432. The van der Waals surface area contributed by atoms with Crippen molar-refractivity contribution in [3.63, 3.8) is 0 Å². The summed E-state index contributed by atoms with van der Waals surface area (Å²) in [6, 6.07) is 13.2. The molecule has 4 aromatic rings. The molecule has 36 heavy (non-hydrogen) atoms. The zero-order chi connectivity index (χ0) is 25.2. The molecule has 1 saturated heterocycles. The number of benzene rings is 2. The molecule has 0 saturated carbocycles. The van der Waals surface area contributed by atoms with Crippen LogP contribution < -0.4 is 5.56 Å². The Morgan fingerprint density at radius 1 is 1.03 bits per heavy atom. The molecule has 0 bridgehead atoms. The van der Waals surface area contributed by atoms with Gasteiger partial charge in [-0.05, 0) is 48.7 Å². The van der Waals surface area contributed by atoms with E-state index in [2.05, 4.69) is 10.1 Å². The number of likely N-dealkylation sites (tertiary alicyclic amines) is 1. The van der Waals surface area contributed by atoms with Crippen LogP contribution in [0.5, 0.6) is 0 Å². The van der Waals surface area contributed by atoms with Gasteiger partial charge in [-0.25, -0.2) is 23.2 Å². The molecule has 1 aliphatic rings. The summed E-state index contributed by atoms with van der Waals surface area (Å²) < 4.78 is 34.5. The van der Waals surface area contributed by atoms with Gasteiger partial charge in [0.1, 0.15) is 17.4 Å². The first-order valence-corrected chi connectivity index (χ1v) is 11.4. The van der Waals surface area contributed by atoms with E-state index in [0.29, 0.717) is 37.6 Å². The number of rotatable bonds is 5. The number of nitrogens with zero attached hydrogens (tertiary/aromatic N) is 4. The fourth-order valence-electron chi connectivity index (χ4n) is 4.36. The first-order valence-electron chi connectivity index (χ1n) is 11.4. The lowest BCUT2D eigenvalue weighted by atomic mass is 9.95. The van der Waals surface area contributed by atoms with E-state index in [1.54, 1.807) is 6.20 Å². The average molecular weight is 492 g/mol. The molecule has 0 radical (unpaired) electrons. The highest BCUT2D eigenvalue weighted by Crippen LogP contribution is 2.31. The molecular formula is C26H22F2N4O4. The monoisotopic (exact) mass is 492 g/mol. The van der Waals surface area contributed by atoms with Gasteiger partial charge >= 0.3 is 6.09 Å². The summed E-state index contributed by atoms with van der Waals surface area (Å²) in [5.74, 6) is -0.210. The van der Waals surface area contributed by atoms with Crippen LogP contribution in [-0.2, 0) is 6.54 Å². The maximum absolute atomic E-state index is 13.6. The Balaban J connectivity index is 1.35. The van der Waals surface area contributed by atoms with Crippen LogP contribution in [0.3, 0.4) is 0 Å². The van der Waals surface area contributed by atoms with E-state index in [-0.39, 0.29) is 29.3 Å². The molecule has 1 aliphatic heterocycles. The Kier molecular flexibility index (Phi) is 6.32. The van der Waals surface area contributed by atoms with E-state index < -0.39 is 17.7 Å². The molecule has 1 fully saturated rings. The molecule has 0 spiro atoms. The highest BCUT2D eigenvalue weighted by Gasteiger charge is 2.26. The van der Waals surface area contributed by atoms with E-state index in [1.807, 2.05) is 24.3 Å². The predicted octanol–water partition coefficient (Wildman–Crippen LogP) is 4.75. The van der Waals surface area contributed by atoms with E-state index >= 15 is 0 Å². The first-order chi connectivity index (χ1) is 17.4. The number of carbonyl (C=O) groups is 1. The fraction of sp³-hybridized carbons (Fsp3) is 0.231. The van der Waals surface area contributed by atoms with Gasteiger partial charge in [-0.1, -0.05) is 12.1 Å². The number of carboxylic acid groups (broad SMARTS) is 1. The van der Waals surface area contributed by atoms with Crippen molar-refractivity contribution in [2.45, 2.75) is 25.3 Å². The van der Waals surface area contributed by atoms with Crippen LogP contribution in [0.4, 0.5) is 13.6 Å². The van der Waals surface area contributed by atoms with Gasteiger partial charge in [0.15, 0.2) is 0 Å². The minimum Gasteiger partial charge on any atom is -0.465 e. The van der Waals surface area contributed by atoms with Crippen LogP contribution in [0.25, 0.3) is 22.7 Å². The van der Waals surface area contributed by atoms with E-state index in [9.17, 15) is 18.4 Å². The van der Waals surface area contributed by atoms with Gasteiger partial charge in [0.05, 0.1) is 18.4 Å². The zero-order valence-electron chi connectivity index (χ0n) is 19.1. The second-order valence-corrected chi connectivity index (χ2v) is 8.68. The van der Waals surface area contributed by atoms with Crippen LogP contribution in [0.1, 0.15) is 30.1 Å². The largest absolute Gasteiger partial charge is 0.465 e. The molecule has 3 heterocycles. The topological polar surface area (TPSA) is 101 Å². The van der Waals surface area contributed by atoms with Crippen LogP contribution in [0, 0.1) is 11.6 Å².